The lowest BCUT2D eigenvalue weighted by molar-refractivity contribution is 0.789. The molecule has 18 rings (SSSR count). The number of aryl methyl sites for hydroxylation is 20. The van der Waals surface area contributed by atoms with Gasteiger partial charge in [0, 0.05) is 0 Å². The first-order valence-electron chi connectivity index (χ1n) is 36.3. The Hall–Kier alpha value is -10.4. The van der Waals surface area contributed by atoms with Crippen LogP contribution in [-0.2, 0) is 5.41 Å². The van der Waals surface area contributed by atoms with Gasteiger partial charge >= 0.3 is 0 Å². The number of hydrogen-bond acceptors (Lipinski definition) is 0. The SMILES string of the molecule is Cc1cc(C)c(C)cc1C.Cc1ccc2c(C)c3cc(C)ccc3c(C)c2c1.Cc1ccc2c(c1)C1(c3cc(C)ccc3-2)c2cc(C)ccc2-c2ccc(C)cc21.Cc1ccc2c(c1)c1cc(C)ccc1c1cc(C)c(C)cc21.Cc1ccc2c3ccc(C)cc3c3cc(C)c(C)cc3c2c1. The second-order valence-electron chi connectivity index (χ2n) is 30.5. The van der Waals surface area contributed by atoms with Gasteiger partial charge in [-0.2, -0.15) is 0 Å². The van der Waals surface area contributed by atoms with E-state index in [4.69, 9.17) is 0 Å². The highest BCUT2D eigenvalue weighted by Crippen LogP contribution is 2.63. The first-order chi connectivity index (χ1) is 48.3. The molecule has 0 aromatic heterocycles. The van der Waals surface area contributed by atoms with Gasteiger partial charge in [0.15, 0.2) is 0 Å². The first kappa shape index (κ1) is 67.8. The topological polar surface area (TPSA) is 0 Å². The average Bonchev–Trinajstić information content (AvgIpc) is 1.51. The molecule has 0 heteroatoms. The third kappa shape index (κ3) is 12.0. The Morgan fingerprint density at radius 2 is 0.307 bits per heavy atom. The van der Waals surface area contributed by atoms with Gasteiger partial charge in [0.2, 0.25) is 0 Å². The summed E-state index contributed by atoms with van der Waals surface area (Å²) in [4.78, 5) is 0. The summed E-state index contributed by atoms with van der Waals surface area (Å²) in [6, 6.07) is 82.7. The van der Waals surface area contributed by atoms with Crippen molar-refractivity contribution in [1.82, 2.24) is 0 Å². The van der Waals surface area contributed by atoms with E-state index < -0.39 is 0 Å². The predicted molar refractivity (Wildman–Crippen MR) is 443 cm³/mol. The van der Waals surface area contributed by atoms with Crippen molar-refractivity contribution in [3.05, 3.63) is 352 Å². The van der Waals surface area contributed by atoms with Crippen LogP contribution in [0.3, 0.4) is 0 Å². The fourth-order valence-corrected chi connectivity index (χ4v) is 16.7. The van der Waals surface area contributed by atoms with Crippen molar-refractivity contribution in [1.29, 1.82) is 0 Å². The fraction of sp³-hybridized carbons (Fsp3) is 0.208. The number of fused-ring (bicyclic) bond motifs is 24. The van der Waals surface area contributed by atoms with Gasteiger partial charge in [-0.15, -0.1) is 0 Å². The molecule has 2 aliphatic rings. The molecule has 16 aromatic carbocycles. The molecule has 16 aromatic rings. The van der Waals surface area contributed by atoms with E-state index in [1.54, 1.807) is 0 Å². The summed E-state index contributed by atoms with van der Waals surface area (Å²) in [5, 5.41) is 22.0. The highest BCUT2D eigenvalue weighted by atomic mass is 14.5. The first-order valence-corrected chi connectivity index (χ1v) is 36.3. The zero-order valence-corrected chi connectivity index (χ0v) is 63.3. The molecule has 0 N–H and O–H groups in total. The zero-order valence-electron chi connectivity index (χ0n) is 63.3. The Kier molecular flexibility index (Phi) is 17.6. The van der Waals surface area contributed by atoms with Crippen molar-refractivity contribution in [2.24, 2.45) is 0 Å². The summed E-state index contributed by atoms with van der Waals surface area (Å²) in [5.74, 6) is 0. The smallest absolute Gasteiger partial charge is 0.0587 e. The number of hydrogen-bond donors (Lipinski definition) is 0. The predicted octanol–water partition coefficient (Wildman–Crippen LogP) is 28.2. The van der Waals surface area contributed by atoms with Gasteiger partial charge in [0.25, 0.3) is 0 Å². The largest absolute Gasteiger partial charge is 0.0725 e. The molecule has 0 nitrogen and oxygen atoms in total. The van der Waals surface area contributed by atoms with E-state index in [0.29, 0.717) is 0 Å². The van der Waals surface area contributed by atoms with E-state index >= 15 is 0 Å². The van der Waals surface area contributed by atoms with Crippen molar-refractivity contribution >= 4 is 86.2 Å². The highest BCUT2D eigenvalue weighted by molar-refractivity contribution is 6.27. The Balaban J connectivity index is 0.000000111. The second-order valence-corrected chi connectivity index (χ2v) is 30.5. The van der Waals surface area contributed by atoms with Crippen molar-refractivity contribution in [3.63, 3.8) is 0 Å². The molecule has 1 spiro atoms. The van der Waals surface area contributed by atoms with Crippen molar-refractivity contribution in [2.75, 3.05) is 0 Å². The van der Waals surface area contributed by atoms with Crippen LogP contribution in [0.1, 0.15) is 134 Å². The minimum atomic E-state index is -0.217. The van der Waals surface area contributed by atoms with E-state index in [9.17, 15) is 0 Å². The Morgan fingerprint density at radius 1 is 0.139 bits per heavy atom. The molecule has 0 aliphatic heterocycles. The van der Waals surface area contributed by atoms with Crippen molar-refractivity contribution in [3.8, 4) is 22.3 Å². The summed E-state index contributed by atoms with van der Waals surface area (Å²) in [5.41, 5.74) is 38.1. The maximum absolute atomic E-state index is 2.42. The van der Waals surface area contributed by atoms with Gasteiger partial charge in [0.1, 0.15) is 0 Å². The van der Waals surface area contributed by atoms with Crippen LogP contribution < -0.4 is 0 Å². The summed E-state index contributed by atoms with van der Waals surface area (Å²) in [6.45, 7) is 43.8. The molecule has 0 unspecified atom stereocenters. The van der Waals surface area contributed by atoms with Crippen molar-refractivity contribution < 1.29 is 0 Å². The molecular weight excluding hydrogens is 1210 g/mol. The third-order valence-corrected chi connectivity index (χ3v) is 22.7. The van der Waals surface area contributed by atoms with E-state index in [1.165, 1.54) is 242 Å². The van der Waals surface area contributed by atoms with Crippen LogP contribution in [-0.4, -0.2) is 0 Å². The van der Waals surface area contributed by atoms with Crippen LogP contribution in [0, 0.1) is 138 Å². The molecule has 0 fully saturated rings. The lowest BCUT2D eigenvalue weighted by Crippen LogP contribution is -2.26. The minimum absolute atomic E-state index is 0.217. The molecule has 500 valence electrons. The summed E-state index contributed by atoms with van der Waals surface area (Å²) in [6.07, 6.45) is 0. The van der Waals surface area contributed by atoms with Crippen LogP contribution in [0.5, 0.6) is 0 Å². The van der Waals surface area contributed by atoms with E-state index in [1.807, 2.05) is 0 Å². The minimum Gasteiger partial charge on any atom is -0.0587 e. The normalized spacial score (nSPS) is 12.2. The van der Waals surface area contributed by atoms with Crippen LogP contribution >= 0.6 is 0 Å². The molecule has 2 aliphatic carbocycles. The van der Waals surface area contributed by atoms with E-state index in [0.717, 1.165) is 0 Å². The molecule has 0 heterocycles. The van der Waals surface area contributed by atoms with Gasteiger partial charge in [-0.1, -0.05) is 274 Å². The van der Waals surface area contributed by atoms with Crippen LogP contribution in [0.2, 0.25) is 0 Å². The number of benzene rings is 16. The van der Waals surface area contributed by atoms with Crippen molar-refractivity contribution in [2.45, 2.75) is 144 Å². The Labute approximate surface area is 600 Å². The third-order valence-electron chi connectivity index (χ3n) is 22.7. The summed E-state index contributed by atoms with van der Waals surface area (Å²) in [7, 11) is 0. The lowest BCUT2D eigenvalue weighted by Gasteiger charge is -2.31. The van der Waals surface area contributed by atoms with E-state index in [2.05, 4.69) is 357 Å². The Morgan fingerprint density at radius 3 is 0.554 bits per heavy atom. The standard InChI is InChI=1S/C29H24.2C22H20.C18H18.C10H14/c1-17-5-9-21-22-10-6-18(2)14-26(22)29(25(21)13-17)27-15-19(3)7-11-23(27)24-12-8-20(4)16-28(24)29;1-13-5-7-17-19(9-13)20-10-14(2)6-8-18(20)22-12-16(4)15(3)11-21(17)22;1-13-5-7-17-18-8-6-14(2)10-20(18)22-12-16(4)15(3)11-21(22)19(17)9-13;1-11-5-7-15-14(4)18-10-12(2)6-8-16(18)13(3)17(15)9-11;1-7-5-9(3)10(4)6-8(7)2/h5-16H,1-4H3;2*5-12H,1-4H3;5-10H,1-4H3;5-6H,1-4H3. The van der Waals surface area contributed by atoms with Crippen LogP contribution in [0.15, 0.2) is 218 Å². The molecule has 0 saturated heterocycles. The molecule has 0 bridgehead atoms. The van der Waals surface area contributed by atoms with Crippen LogP contribution in [0.4, 0.5) is 0 Å². The molecule has 0 radical (unpaired) electrons. The average molecular weight is 1310 g/mol. The van der Waals surface area contributed by atoms with Gasteiger partial charge in [-0.3, -0.25) is 0 Å². The maximum Gasteiger partial charge on any atom is 0.0725 e. The summed E-state index contributed by atoms with van der Waals surface area (Å²) < 4.78 is 0. The quantitative estimate of drug-likeness (QED) is 0.105. The maximum atomic E-state index is 2.42. The second kappa shape index (κ2) is 26.3. The monoisotopic (exact) mass is 1310 g/mol. The fourth-order valence-electron chi connectivity index (χ4n) is 16.7. The molecule has 0 amide bonds. The highest BCUT2D eigenvalue weighted by Gasteiger charge is 2.52. The zero-order chi connectivity index (χ0) is 71.4. The molecule has 101 heavy (non-hydrogen) atoms. The molecule has 0 atom stereocenters. The van der Waals surface area contributed by atoms with Gasteiger partial charge in [0.05, 0.1) is 5.41 Å². The molecular formula is C101H96. The van der Waals surface area contributed by atoms with Gasteiger partial charge < -0.3 is 0 Å². The summed E-state index contributed by atoms with van der Waals surface area (Å²) >= 11 is 0. The van der Waals surface area contributed by atoms with Gasteiger partial charge in [-0.05, 0) is 325 Å². The van der Waals surface area contributed by atoms with Gasteiger partial charge in [-0.25, -0.2) is 0 Å². The molecule has 0 saturated carbocycles. The van der Waals surface area contributed by atoms with Crippen LogP contribution in [0.25, 0.3) is 108 Å². The number of rotatable bonds is 0. The van der Waals surface area contributed by atoms with E-state index in [-0.39, 0.29) is 5.41 Å². The Bertz CT molecular complexity index is 5570. The lowest BCUT2D eigenvalue weighted by atomic mass is 9.70.